The third-order valence-corrected chi connectivity index (χ3v) is 2.28. The number of ether oxygens (including phenoxy) is 2. The van der Waals surface area contributed by atoms with Crippen LogP contribution in [0.25, 0.3) is 0 Å². The maximum atomic E-state index is 11.9. The molecule has 1 aromatic carbocycles. The lowest BCUT2D eigenvalue weighted by Crippen LogP contribution is -2.17. The van der Waals surface area contributed by atoms with Crippen molar-refractivity contribution >= 4 is 23.4 Å². The number of rotatable bonds is 4. The van der Waals surface area contributed by atoms with Gasteiger partial charge in [0.1, 0.15) is 5.57 Å². The molecule has 0 fully saturated rings. The Hall–Kier alpha value is -2.63. The first-order chi connectivity index (χ1) is 8.99. The average Bonchev–Trinajstić information content (AvgIpc) is 2.43. The number of carbonyl (C=O) groups is 3. The van der Waals surface area contributed by atoms with Crippen molar-refractivity contribution in [3.63, 3.8) is 0 Å². The number of methoxy groups -OCH3 is 2. The molecule has 1 aromatic rings. The first kappa shape index (κ1) is 14.4. The molecular weight excluding hydrogens is 250 g/mol. The molecule has 0 aliphatic rings. The van der Waals surface area contributed by atoms with Crippen LogP contribution in [0.2, 0.25) is 0 Å². The summed E-state index contributed by atoms with van der Waals surface area (Å²) in [7, 11) is 2.21. The summed E-state index contributed by atoms with van der Waals surface area (Å²) in [6.07, 6.45) is 0.878. The molecule has 1 rings (SSSR count). The molecule has 0 atom stereocenters. The number of nitrogen functional groups attached to an aromatic ring is 1. The highest BCUT2D eigenvalue weighted by atomic mass is 16.5. The molecule has 0 spiro atoms. The molecule has 0 aromatic heterocycles. The molecule has 0 aliphatic carbocycles. The van der Waals surface area contributed by atoms with Crippen LogP contribution in [0.4, 0.5) is 5.69 Å². The van der Waals surface area contributed by atoms with Gasteiger partial charge < -0.3 is 15.2 Å². The zero-order valence-electron chi connectivity index (χ0n) is 10.5. The highest BCUT2D eigenvalue weighted by Gasteiger charge is 2.21. The molecule has 0 unspecified atom stereocenters. The van der Waals surface area contributed by atoms with E-state index in [1.165, 1.54) is 24.3 Å². The van der Waals surface area contributed by atoms with E-state index in [-0.39, 0.29) is 0 Å². The summed E-state index contributed by atoms with van der Waals surface area (Å²) in [4.78, 5) is 34.6. The Bertz CT molecular complexity index is 512. The van der Waals surface area contributed by atoms with Gasteiger partial charge in [-0.2, -0.15) is 0 Å². The maximum absolute atomic E-state index is 11.9. The lowest BCUT2D eigenvalue weighted by atomic mass is 10.1. The number of ketones is 1. The summed E-state index contributed by atoms with van der Waals surface area (Å²) in [5.41, 5.74) is 5.82. The standard InChI is InChI=1S/C13H13NO5/c1-18-12(16)10(13(17)19-2)7-11(15)8-3-5-9(14)6-4-8/h3-7H,14H2,1-2H3. The Balaban J connectivity index is 3.08. The fourth-order valence-corrected chi connectivity index (χ4v) is 1.28. The monoisotopic (exact) mass is 263 g/mol. The number of nitrogens with two attached hydrogens (primary N) is 1. The number of allylic oxidation sites excluding steroid dienone is 1. The van der Waals surface area contributed by atoms with Gasteiger partial charge in [-0.15, -0.1) is 0 Å². The van der Waals surface area contributed by atoms with Gasteiger partial charge in [-0.25, -0.2) is 9.59 Å². The van der Waals surface area contributed by atoms with E-state index >= 15 is 0 Å². The van der Waals surface area contributed by atoms with E-state index in [0.29, 0.717) is 11.3 Å². The van der Waals surface area contributed by atoms with Gasteiger partial charge in [0.15, 0.2) is 5.78 Å². The second kappa shape index (κ2) is 6.34. The van der Waals surface area contributed by atoms with E-state index in [4.69, 9.17) is 5.73 Å². The van der Waals surface area contributed by atoms with Gasteiger partial charge in [-0.1, -0.05) is 0 Å². The normalized spacial score (nSPS) is 9.37. The minimum absolute atomic E-state index is 0.291. The van der Waals surface area contributed by atoms with Crippen molar-refractivity contribution in [3.8, 4) is 0 Å². The van der Waals surface area contributed by atoms with Crippen LogP contribution in [0.3, 0.4) is 0 Å². The van der Waals surface area contributed by atoms with Gasteiger partial charge in [0.05, 0.1) is 14.2 Å². The molecule has 0 aliphatic heterocycles. The molecule has 0 amide bonds. The van der Waals surface area contributed by atoms with Crippen molar-refractivity contribution in [2.75, 3.05) is 20.0 Å². The average molecular weight is 263 g/mol. The molecule has 0 saturated carbocycles. The van der Waals surface area contributed by atoms with Crippen molar-refractivity contribution in [2.24, 2.45) is 0 Å². The molecule has 6 heteroatoms. The number of hydrogen-bond acceptors (Lipinski definition) is 6. The molecular formula is C13H13NO5. The van der Waals surface area contributed by atoms with Crippen molar-refractivity contribution in [1.29, 1.82) is 0 Å². The van der Waals surface area contributed by atoms with Crippen LogP contribution in [-0.2, 0) is 19.1 Å². The summed E-state index contributed by atoms with van der Waals surface area (Å²) >= 11 is 0. The molecule has 6 nitrogen and oxygen atoms in total. The highest BCUT2D eigenvalue weighted by molar-refractivity contribution is 6.20. The summed E-state index contributed by atoms with van der Waals surface area (Å²) in [5, 5.41) is 0. The molecule has 19 heavy (non-hydrogen) atoms. The molecule has 100 valence electrons. The third kappa shape index (κ3) is 3.67. The number of benzene rings is 1. The lowest BCUT2D eigenvalue weighted by molar-refractivity contribution is -0.144. The molecule has 0 heterocycles. The van der Waals surface area contributed by atoms with E-state index < -0.39 is 23.3 Å². The summed E-state index contributed by atoms with van der Waals surface area (Å²) in [5.74, 6) is -2.39. The van der Waals surface area contributed by atoms with Crippen molar-refractivity contribution in [1.82, 2.24) is 0 Å². The topological polar surface area (TPSA) is 95.7 Å². The number of anilines is 1. The van der Waals surface area contributed by atoms with Gasteiger partial charge >= 0.3 is 11.9 Å². The quantitative estimate of drug-likeness (QED) is 0.215. The Morgan fingerprint density at radius 2 is 1.47 bits per heavy atom. The van der Waals surface area contributed by atoms with Crippen molar-refractivity contribution < 1.29 is 23.9 Å². The van der Waals surface area contributed by atoms with Crippen LogP contribution in [-0.4, -0.2) is 31.9 Å². The Morgan fingerprint density at radius 1 is 1.00 bits per heavy atom. The second-order valence-electron chi connectivity index (χ2n) is 3.53. The Labute approximate surface area is 109 Å². The van der Waals surface area contributed by atoms with E-state index in [1.807, 2.05) is 0 Å². The van der Waals surface area contributed by atoms with Crippen molar-refractivity contribution in [3.05, 3.63) is 41.5 Å². The minimum Gasteiger partial charge on any atom is -0.465 e. The van der Waals surface area contributed by atoms with Crippen LogP contribution in [0.5, 0.6) is 0 Å². The highest BCUT2D eigenvalue weighted by Crippen LogP contribution is 2.09. The molecule has 0 bridgehead atoms. The van der Waals surface area contributed by atoms with Gasteiger partial charge in [0.2, 0.25) is 0 Å². The first-order valence-corrected chi connectivity index (χ1v) is 5.27. The number of esters is 2. The van der Waals surface area contributed by atoms with E-state index in [2.05, 4.69) is 9.47 Å². The molecule has 0 saturated heterocycles. The van der Waals surface area contributed by atoms with Gasteiger partial charge in [0.25, 0.3) is 0 Å². The summed E-state index contributed by atoms with van der Waals surface area (Å²) < 4.78 is 8.82. The van der Waals surface area contributed by atoms with Gasteiger partial charge in [0, 0.05) is 17.3 Å². The van der Waals surface area contributed by atoms with Gasteiger partial charge in [-0.05, 0) is 24.3 Å². The van der Waals surface area contributed by atoms with Crippen LogP contribution < -0.4 is 5.73 Å². The molecule has 2 N–H and O–H groups in total. The van der Waals surface area contributed by atoms with Crippen molar-refractivity contribution in [2.45, 2.75) is 0 Å². The largest absolute Gasteiger partial charge is 0.465 e. The Kier molecular flexibility index (Phi) is 4.82. The smallest absolute Gasteiger partial charge is 0.345 e. The maximum Gasteiger partial charge on any atom is 0.345 e. The van der Waals surface area contributed by atoms with E-state index in [0.717, 1.165) is 20.3 Å². The predicted molar refractivity (Wildman–Crippen MR) is 67.3 cm³/mol. The third-order valence-electron chi connectivity index (χ3n) is 2.28. The number of hydrogen-bond donors (Lipinski definition) is 1. The fourth-order valence-electron chi connectivity index (χ4n) is 1.28. The minimum atomic E-state index is -0.935. The fraction of sp³-hybridized carbons (Fsp3) is 0.154. The second-order valence-corrected chi connectivity index (χ2v) is 3.53. The van der Waals surface area contributed by atoms with E-state index in [1.54, 1.807) is 0 Å². The first-order valence-electron chi connectivity index (χ1n) is 5.27. The van der Waals surface area contributed by atoms with Crippen LogP contribution in [0, 0.1) is 0 Å². The zero-order valence-corrected chi connectivity index (χ0v) is 10.5. The molecule has 0 radical (unpaired) electrons. The summed E-state index contributed by atoms with van der Waals surface area (Å²) in [6, 6.07) is 6.05. The van der Waals surface area contributed by atoms with Crippen LogP contribution in [0.1, 0.15) is 10.4 Å². The van der Waals surface area contributed by atoms with E-state index in [9.17, 15) is 14.4 Å². The van der Waals surface area contributed by atoms with Gasteiger partial charge in [-0.3, -0.25) is 4.79 Å². The lowest BCUT2D eigenvalue weighted by Gasteiger charge is -2.03. The van der Waals surface area contributed by atoms with Crippen LogP contribution in [0.15, 0.2) is 35.9 Å². The van der Waals surface area contributed by atoms with Crippen LogP contribution >= 0.6 is 0 Å². The Morgan fingerprint density at radius 3 is 1.89 bits per heavy atom. The number of carbonyl (C=O) groups excluding carboxylic acids is 3. The summed E-state index contributed by atoms with van der Waals surface area (Å²) in [6.45, 7) is 0. The SMILES string of the molecule is COC(=O)C(=CC(=O)c1ccc(N)cc1)C(=O)OC. The zero-order chi connectivity index (χ0) is 14.4. The predicted octanol–water partition coefficient (Wildman–Crippen LogP) is 0.724.